The van der Waals surface area contributed by atoms with Gasteiger partial charge in [-0.15, -0.1) is 0 Å². The van der Waals surface area contributed by atoms with Crippen molar-refractivity contribution in [1.29, 1.82) is 0 Å². The maximum atomic E-state index is 13.4. The zero-order valence-corrected chi connectivity index (χ0v) is 19.9. The van der Waals surface area contributed by atoms with Crippen molar-refractivity contribution in [3.63, 3.8) is 0 Å². The van der Waals surface area contributed by atoms with Gasteiger partial charge < -0.3 is 14.7 Å². The lowest BCUT2D eigenvalue weighted by Gasteiger charge is -2.45. The molecule has 0 saturated heterocycles. The Kier molecular flexibility index (Phi) is 5.96. The van der Waals surface area contributed by atoms with Gasteiger partial charge in [0.1, 0.15) is 13.3 Å². The average Bonchev–Trinajstić information content (AvgIpc) is 3.00. The van der Waals surface area contributed by atoms with Crippen LogP contribution < -0.4 is 10.4 Å². The molecule has 1 unspecified atom stereocenters. The molecule has 0 bridgehead atoms. The number of esters is 1. The molecule has 2 aliphatic carbocycles. The van der Waals surface area contributed by atoms with Gasteiger partial charge >= 0.3 is 5.97 Å². The van der Waals surface area contributed by atoms with Crippen LogP contribution in [0.5, 0.6) is 5.75 Å². The van der Waals surface area contributed by atoms with Crippen molar-refractivity contribution >= 4 is 11.9 Å². The summed E-state index contributed by atoms with van der Waals surface area (Å²) >= 11 is 0. The molecule has 5 rings (SSSR count). The lowest BCUT2D eigenvalue weighted by Crippen LogP contribution is -2.56. The van der Waals surface area contributed by atoms with E-state index in [4.69, 9.17) is 4.74 Å². The monoisotopic (exact) mass is 475 g/mol. The van der Waals surface area contributed by atoms with E-state index >= 15 is 0 Å². The van der Waals surface area contributed by atoms with Gasteiger partial charge in [-0.1, -0.05) is 48.9 Å². The first-order valence-corrected chi connectivity index (χ1v) is 12.0. The van der Waals surface area contributed by atoms with Crippen LogP contribution in [-0.2, 0) is 16.0 Å². The van der Waals surface area contributed by atoms with Crippen LogP contribution in [0.2, 0.25) is 0 Å². The molecule has 1 aliphatic heterocycles. The number of carbonyl (C=O) groups is 2. The minimum atomic E-state index is -0.612. The highest BCUT2D eigenvalue weighted by Crippen LogP contribution is 2.43. The van der Waals surface area contributed by atoms with Crippen molar-refractivity contribution in [1.82, 2.24) is 9.58 Å². The second-order valence-corrected chi connectivity index (χ2v) is 9.33. The van der Waals surface area contributed by atoms with Gasteiger partial charge in [0.05, 0.1) is 12.6 Å². The smallest absolute Gasteiger partial charge is 0.302 e. The maximum absolute atomic E-state index is 13.4. The molecule has 1 amide bonds. The first-order chi connectivity index (χ1) is 16.9. The third-order valence-corrected chi connectivity index (χ3v) is 7.16. The number of pyridine rings is 1. The summed E-state index contributed by atoms with van der Waals surface area (Å²) in [4.78, 5) is 38.5. The molecule has 2 aromatic rings. The summed E-state index contributed by atoms with van der Waals surface area (Å²) in [7, 11) is 0. The van der Waals surface area contributed by atoms with Gasteiger partial charge in [0, 0.05) is 19.2 Å². The first-order valence-electron chi connectivity index (χ1n) is 12.0. The number of carbonyl (C=O) groups excluding carboxylic acids is 2. The van der Waals surface area contributed by atoms with Crippen LogP contribution in [0.15, 0.2) is 64.6 Å². The normalized spacial score (nSPS) is 21.3. The number of hydrogen-bond donors (Lipinski definition) is 1. The number of allylic oxidation sites excluding steroid dienone is 2. The van der Waals surface area contributed by atoms with Crippen LogP contribution >= 0.6 is 0 Å². The van der Waals surface area contributed by atoms with Crippen LogP contribution in [0.25, 0.3) is 0 Å². The molecule has 0 spiro atoms. The fourth-order valence-corrected chi connectivity index (χ4v) is 5.44. The van der Waals surface area contributed by atoms with E-state index in [1.54, 1.807) is 10.9 Å². The van der Waals surface area contributed by atoms with Crippen LogP contribution in [0.3, 0.4) is 0 Å². The van der Waals surface area contributed by atoms with E-state index in [0.29, 0.717) is 5.92 Å². The van der Waals surface area contributed by atoms with Crippen LogP contribution in [-0.4, -0.2) is 46.4 Å². The number of aromatic nitrogens is 1. The summed E-state index contributed by atoms with van der Waals surface area (Å²) in [5, 5.41) is 12.7. The Labute approximate surface area is 203 Å². The predicted octanol–water partition coefficient (Wildman–Crippen LogP) is 3.05. The molecule has 8 nitrogen and oxygen atoms in total. The fraction of sp³-hybridized carbons (Fsp3) is 0.370. The van der Waals surface area contributed by atoms with Crippen LogP contribution in [0.4, 0.5) is 0 Å². The van der Waals surface area contributed by atoms with Crippen molar-refractivity contribution < 1.29 is 19.4 Å². The van der Waals surface area contributed by atoms with E-state index in [9.17, 15) is 19.5 Å². The van der Waals surface area contributed by atoms with Gasteiger partial charge in [0.2, 0.25) is 5.43 Å². The highest BCUT2D eigenvalue weighted by molar-refractivity contribution is 5.96. The quantitative estimate of drug-likeness (QED) is 0.684. The van der Waals surface area contributed by atoms with Crippen molar-refractivity contribution in [2.75, 3.05) is 24.8 Å². The van der Waals surface area contributed by atoms with E-state index in [0.717, 1.165) is 24.8 Å². The minimum Gasteiger partial charge on any atom is -0.502 e. The van der Waals surface area contributed by atoms with Gasteiger partial charge in [0.15, 0.2) is 11.4 Å². The summed E-state index contributed by atoms with van der Waals surface area (Å²) in [6.45, 7) is 3.93. The third kappa shape index (κ3) is 4.03. The summed E-state index contributed by atoms with van der Waals surface area (Å²) in [6.07, 6.45) is 8.81. The Balaban J connectivity index is 1.68. The molecular formula is C27H29N3O5. The second kappa shape index (κ2) is 9.09. The lowest BCUT2D eigenvalue weighted by atomic mass is 9.83. The lowest BCUT2D eigenvalue weighted by molar-refractivity contribution is -0.141. The number of fused-ring (bicyclic) bond motifs is 2. The van der Waals surface area contributed by atoms with Crippen molar-refractivity contribution in [2.45, 2.75) is 39.2 Å². The molecule has 1 aromatic carbocycles. The molecule has 182 valence electrons. The zero-order chi connectivity index (χ0) is 24.7. The number of hydrogen-bond acceptors (Lipinski definition) is 6. The SMILES string of the molecule is CC(=O)OCCN1CN(C2C3=C(CCc4ccccc42)[C@@H](C)CC=C3)n2ccc(=O)c(O)c2C1=O. The Morgan fingerprint density at radius 1 is 1.17 bits per heavy atom. The minimum absolute atomic E-state index is 0.0267. The van der Waals surface area contributed by atoms with Gasteiger partial charge in [-0.25, -0.2) is 0 Å². The Hall–Kier alpha value is -3.81. The summed E-state index contributed by atoms with van der Waals surface area (Å²) < 4.78 is 6.71. The highest BCUT2D eigenvalue weighted by Gasteiger charge is 2.39. The molecule has 35 heavy (non-hydrogen) atoms. The number of ether oxygens (including phenoxy) is 1. The second-order valence-electron chi connectivity index (χ2n) is 9.33. The summed E-state index contributed by atoms with van der Waals surface area (Å²) in [5.74, 6) is -1.09. The largest absolute Gasteiger partial charge is 0.502 e. The average molecular weight is 476 g/mol. The molecule has 2 heterocycles. The van der Waals surface area contributed by atoms with E-state index in [2.05, 4.69) is 31.2 Å². The number of amides is 1. The number of aromatic hydroxyl groups is 1. The molecule has 3 aliphatic rings. The number of benzene rings is 1. The Bertz CT molecular complexity index is 1310. The number of rotatable bonds is 4. The highest BCUT2D eigenvalue weighted by atomic mass is 16.5. The Morgan fingerprint density at radius 2 is 1.97 bits per heavy atom. The van der Waals surface area contributed by atoms with E-state index in [1.807, 2.05) is 17.1 Å². The standard InChI is InChI=1S/C27H29N3O5/c1-17-6-5-9-22-20(17)11-10-19-7-3-4-8-21(19)24(22)30-16-28(14-15-35-18(2)31)27(34)25-26(33)23(32)12-13-29(25)30/h3-5,7-9,12-13,17,24,33H,6,10-11,14-16H2,1-2H3/t17-,24?/m0/s1. The van der Waals surface area contributed by atoms with Gasteiger partial charge in [-0.2, -0.15) is 0 Å². The summed E-state index contributed by atoms with van der Waals surface area (Å²) in [6, 6.07) is 9.38. The van der Waals surface area contributed by atoms with Crippen molar-refractivity contribution in [3.8, 4) is 5.75 Å². The van der Waals surface area contributed by atoms with E-state index in [1.165, 1.54) is 34.6 Å². The number of aryl methyl sites for hydroxylation is 1. The number of nitrogens with zero attached hydrogens (tertiary/aromatic N) is 3. The third-order valence-electron chi connectivity index (χ3n) is 7.16. The van der Waals surface area contributed by atoms with Gasteiger partial charge in [-0.3, -0.25) is 24.1 Å². The fourth-order valence-electron chi connectivity index (χ4n) is 5.44. The van der Waals surface area contributed by atoms with Crippen molar-refractivity contribution in [3.05, 3.63) is 86.9 Å². The van der Waals surface area contributed by atoms with Crippen LogP contribution in [0, 0.1) is 5.92 Å². The maximum Gasteiger partial charge on any atom is 0.302 e. The van der Waals surface area contributed by atoms with E-state index in [-0.39, 0.29) is 31.6 Å². The van der Waals surface area contributed by atoms with E-state index < -0.39 is 23.1 Å². The van der Waals surface area contributed by atoms with Gasteiger partial charge in [-0.05, 0) is 41.9 Å². The molecule has 8 heteroatoms. The summed E-state index contributed by atoms with van der Waals surface area (Å²) in [5.41, 5.74) is 4.26. The molecule has 0 fully saturated rings. The Morgan fingerprint density at radius 3 is 2.77 bits per heavy atom. The first kappa shape index (κ1) is 23.0. The zero-order valence-electron chi connectivity index (χ0n) is 19.9. The molecule has 1 aromatic heterocycles. The van der Waals surface area contributed by atoms with Gasteiger partial charge in [0.25, 0.3) is 5.91 Å². The van der Waals surface area contributed by atoms with Crippen molar-refractivity contribution in [2.24, 2.45) is 5.92 Å². The molecule has 1 N–H and O–H groups in total. The molecular weight excluding hydrogens is 446 g/mol. The van der Waals surface area contributed by atoms with Crippen LogP contribution in [0.1, 0.15) is 54.3 Å². The molecule has 0 saturated carbocycles. The molecule has 0 radical (unpaired) electrons. The topological polar surface area (TPSA) is 92.1 Å². The molecule has 2 atom stereocenters. The predicted molar refractivity (Wildman–Crippen MR) is 131 cm³/mol.